The highest BCUT2D eigenvalue weighted by Crippen LogP contribution is 2.36. The molecule has 0 amide bonds. The normalized spacial score (nSPS) is 10.7. The average Bonchev–Trinajstić information content (AvgIpc) is 2.64. The van der Waals surface area contributed by atoms with Crippen molar-refractivity contribution in [3.05, 3.63) is 34.2 Å². The van der Waals surface area contributed by atoms with Crippen molar-refractivity contribution in [3.8, 4) is 17.0 Å². The summed E-state index contributed by atoms with van der Waals surface area (Å²) in [6, 6.07) is 4.36. The minimum absolute atomic E-state index is 0.312. The van der Waals surface area contributed by atoms with Crippen LogP contribution >= 0.6 is 15.9 Å². The number of aryl methyl sites for hydroxylation is 1. The number of hydrogen-bond donors (Lipinski definition) is 1. The molecule has 2 N–H and O–H groups in total. The van der Waals surface area contributed by atoms with Gasteiger partial charge >= 0.3 is 0 Å². The maximum atomic E-state index is 13.4. The Morgan fingerprint density at radius 3 is 2.78 bits per heavy atom. The zero-order chi connectivity index (χ0) is 13.3. The molecule has 1 heterocycles. The molecule has 0 bridgehead atoms. The van der Waals surface area contributed by atoms with Crippen molar-refractivity contribution in [2.45, 2.75) is 6.54 Å². The van der Waals surface area contributed by atoms with Crippen LogP contribution in [-0.4, -0.2) is 16.9 Å². The Hall–Kier alpha value is -1.40. The molecule has 0 saturated carbocycles. The van der Waals surface area contributed by atoms with Crippen LogP contribution in [0.15, 0.2) is 22.7 Å². The van der Waals surface area contributed by atoms with Crippen molar-refractivity contribution in [1.29, 1.82) is 0 Å². The maximum Gasteiger partial charge on any atom is 0.128 e. The van der Waals surface area contributed by atoms with Crippen molar-refractivity contribution in [2.24, 2.45) is 12.8 Å². The fraction of sp³-hybridized carbons (Fsp3) is 0.250. The van der Waals surface area contributed by atoms with Crippen molar-refractivity contribution >= 4 is 15.9 Å². The first-order valence-electron chi connectivity index (χ1n) is 5.33. The zero-order valence-electron chi connectivity index (χ0n) is 10.1. The minimum Gasteiger partial charge on any atom is -0.496 e. The lowest BCUT2D eigenvalue weighted by molar-refractivity contribution is 0.415. The largest absolute Gasteiger partial charge is 0.496 e. The number of rotatable bonds is 3. The van der Waals surface area contributed by atoms with E-state index in [0.29, 0.717) is 17.9 Å². The van der Waals surface area contributed by atoms with E-state index in [1.807, 2.05) is 0 Å². The molecule has 2 aromatic rings. The highest BCUT2D eigenvalue weighted by molar-refractivity contribution is 9.10. The van der Waals surface area contributed by atoms with Crippen molar-refractivity contribution in [2.75, 3.05) is 7.11 Å². The second-order valence-corrected chi connectivity index (χ2v) is 4.57. The quantitative estimate of drug-likeness (QED) is 0.947. The van der Waals surface area contributed by atoms with E-state index >= 15 is 0 Å². The van der Waals surface area contributed by atoms with Gasteiger partial charge in [0.05, 0.1) is 23.0 Å². The summed E-state index contributed by atoms with van der Waals surface area (Å²) >= 11 is 3.45. The Morgan fingerprint density at radius 2 is 2.22 bits per heavy atom. The average molecular weight is 314 g/mol. The molecule has 0 atom stereocenters. The number of hydrogen-bond acceptors (Lipinski definition) is 3. The molecule has 1 aromatic heterocycles. The van der Waals surface area contributed by atoms with Crippen molar-refractivity contribution in [3.63, 3.8) is 0 Å². The van der Waals surface area contributed by atoms with Gasteiger partial charge in [0.2, 0.25) is 0 Å². The van der Waals surface area contributed by atoms with E-state index in [1.54, 1.807) is 24.9 Å². The van der Waals surface area contributed by atoms with E-state index in [9.17, 15) is 4.39 Å². The molecule has 1 aromatic carbocycles. The molecular formula is C12H13BrFN3O. The maximum absolute atomic E-state index is 13.4. The second kappa shape index (κ2) is 5.07. The van der Waals surface area contributed by atoms with Gasteiger partial charge in [-0.1, -0.05) is 0 Å². The fourth-order valence-electron chi connectivity index (χ4n) is 1.84. The highest BCUT2D eigenvalue weighted by atomic mass is 79.9. The predicted molar refractivity (Wildman–Crippen MR) is 70.7 cm³/mol. The van der Waals surface area contributed by atoms with E-state index in [0.717, 1.165) is 15.9 Å². The van der Waals surface area contributed by atoms with Crippen LogP contribution in [0.1, 0.15) is 5.69 Å². The van der Waals surface area contributed by atoms with Gasteiger partial charge in [0.1, 0.15) is 11.6 Å². The molecule has 18 heavy (non-hydrogen) atoms. The van der Waals surface area contributed by atoms with Crippen molar-refractivity contribution in [1.82, 2.24) is 9.78 Å². The van der Waals surface area contributed by atoms with Crippen LogP contribution in [0, 0.1) is 5.82 Å². The van der Waals surface area contributed by atoms with Gasteiger partial charge in [0.25, 0.3) is 0 Å². The summed E-state index contributed by atoms with van der Waals surface area (Å²) in [5.74, 6) is 0.261. The molecule has 96 valence electrons. The summed E-state index contributed by atoms with van der Waals surface area (Å²) in [4.78, 5) is 0. The molecule has 0 unspecified atom stereocenters. The molecule has 0 radical (unpaired) electrons. The van der Waals surface area contributed by atoms with E-state index in [4.69, 9.17) is 10.5 Å². The van der Waals surface area contributed by atoms with Gasteiger partial charge < -0.3 is 10.5 Å². The summed E-state index contributed by atoms with van der Waals surface area (Å²) in [6.07, 6.45) is 0. The number of halogens is 2. The van der Waals surface area contributed by atoms with E-state index in [2.05, 4.69) is 21.0 Å². The van der Waals surface area contributed by atoms with Crippen LogP contribution in [0.4, 0.5) is 4.39 Å². The molecule has 0 saturated heterocycles. The number of aromatic nitrogens is 2. The zero-order valence-corrected chi connectivity index (χ0v) is 11.7. The monoisotopic (exact) mass is 313 g/mol. The Kier molecular flexibility index (Phi) is 3.68. The smallest absolute Gasteiger partial charge is 0.128 e. The summed E-state index contributed by atoms with van der Waals surface area (Å²) in [7, 11) is 3.33. The van der Waals surface area contributed by atoms with Crippen molar-refractivity contribution < 1.29 is 9.13 Å². The van der Waals surface area contributed by atoms with Crippen LogP contribution in [-0.2, 0) is 13.6 Å². The Balaban J connectivity index is 2.68. The van der Waals surface area contributed by atoms with E-state index in [1.165, 1.54) is 12.1 Å². The van der Waals surface area contributed by atoms with Gasteiger partial charge in [-0.05, 0) is 34.1 Å². The Morgan fingerprint density at radius 1 is 1.50 bits per heavy atom. The lowest BCUT2D eigenvalue weighted by atomic mass is 10.1. The number of methoxy groups -OCH3 is 1. The number of nitrogens with two attached hydrogens (primary N) is 1. The molecule has 6 heteroatoms. The van der Waals surface area contributed by atoms with Gasteiger partial charge in [0.15, 0.2) is 0 Å². The molecule has 0 aliphatic rings. The van der Waals surface area contributed by atoms with Crippen LogP contribution < -0.4 is 10.5 Å². The molecular weight excluding hydrogens is 301 g/mol. The van der Waals surface area contributed by atoms with Gasteiger partial charge in [-0.3, -0.25) is 4.68 Å². The van der Waals surface area contributed by atoms with Gasteiger partial charge in [-0.15, -0.1) is 0 Å². The van der Waals surface area contributed by atoms with Gasteiger partial charge in [-0.25, -0.2) is 4.39 Å². The van der Waals surface area contributed by atoms with Crippen LogP contribution in [0.5, 0.6) is 5.75 Å². The Bertz CT molecular complexity index is 583. The third-order valence-electron chi connectivity index (χ3n) is 2.67. The molecule has 0 spiro atoms. The van der Waals surface area contributed by atoms with Crippen LogP contribution in [0.3, 0.4) is 0 Å². The third kappa shape index (κ3) is 2.13. The number of nitrogens with zero attached hydrogens (tertiary/aromatic N) is 2. The summed E-state index contributed by atoms with van der Waals surface area (Å²) < 4.78 is 21.1. The predicted octanol–water partition coefficient (Wildman–Crippen LogP) is 2.46. The molecule has 0 aliphatic carbocycles. The van der Waals surface area contributed by atoms with Crippen LogP contribution in [0.2, 0.25) is 0 Å². The molecule has 0 aliphatic heterocycles. The molecule has 4 nitrogen and oxygen atoms in total. The SMILES string of the molecule is COc1ccc(F)cc1-c1c(Br)c(CN)nn1C. The summed E-state index contributed by atoms with van der Waals surface area (Å²) in [5.41, 5.74) is 7.70. The van der Waals surface area contributed by atoms with E-state index < -0.39 is 0 Å². The third-order valence-corrected chi connectivity index (χ3v) is 3.50. The van der Waals surface area contributed by atoms with Gasteiger partial charge in [-0.2, -0.15) is 5.10 Å². The lowest BCUT2D eigenvalue weighted by Gasteiger charge is -2.09. The number of ether oxygens (including phenoxy) is 1. The Labute approximate surface area is 113 Å². The second-order valence-electron chi connectivity index (χ2n) is 3.78. The first-order chi connectivity index (χ1) is 8.58. The highest BCUT2D eigenvalue weighted by Gasteiger charge is 2.18. The summed E-state index contributed by atoms with van der Waals surface area (Å²) in [5, 5.41) is 4.28. The molecule has 0 fully saturated rings. The first kappa shape index (κ1) is 13.0. The summed E-state index contributed by atoms with van der Waals surface area (Å²) in [6.45, 7) is 0.312. The van der Waals surface area contributed by atoms with Crippen LogP contribution in [0.25, 0.3) is 11.3 Å². The fourth-order valence-corrected chi connectivity index (χ4v) is 2.55. The first-order valence-corrected chi connectivity index (χ1v) is 6.13. The van der Waals surface area contributed by atoms with E-state index in [-0.39, 0.29) is 5.82 Å². The standard InChI is InChI=1S/C12H13BrFN3O/c1-17-12(11(13)9(6-15)16-17)8-5-7(14)3-4-10(8)18-2/h3-5H,6,15H2,1-2H3. The minimum atomic E-state index is -0.326. The lowest BCUT2D eigenvalue weighted by Crippen LogP contribution is -1.99. The number of benzene rings is 1. The topological polar surface area (TPSA) is 53.1 Å². The van der Waals surface area contributed by atoms with Gasteiger partial charge in [0, 0.05) is 19.2 Å². The molecule has 2 rings (SSSR count).